The van der Waals surface area contributed by atoms with Crippen molar-refractivity contribution in [2.75, 3.05) is 25.1 Å². The van der Waals surface area contributed by atoms with Crippen molar-refractivity contribution in [3.8, 4) is 5.88 Å². The number of aromatic nitrogens is 2. The summed E-state index contributed by atoms with van der Waals surface area (Å²) < 4.78 is 5.21. The lowest BCUT2D eigenvalue weighted by Gasteiger charge is -2.30. The van der Waals surface area contributed by atoms with E-state index in [1.165, 1.54) is 30.2 Å². The molecule has 0 aliphatic carbocycles. The van der Waals surface area contributed by atoms with E-state index < -0.39 is 0 Å². The molecule has 3 heterocycles. The molecule has 0 radical (unpaired) electrons. The van der Waals surface area contributed by atoms with Gasteiger partial charge in [-0.2, -0.15) is 0 Å². The number of pyridine rings is 2. The maximum absolute atomic E-state index is 5.21. The Morgan fingerprint density at radius 3 is 2.74 bits per heavy atom. The fourth-order valence-electron chi connectivity index (χ4n) is 3.67. The minimum atomic E-state index is 0.649. The lowest BCUT2D eigenvalue weighted by molar-refractivity contribution is 0.397. The van der Waals surface area contributed by atoms with Gasteiger partial charge in [-0.15, -0.1) is 0 Å². The van der Waals surface area contributed by atoms with Gasteiger partial charge in [-0.05, 0) is 43.0 Å². The van der Waals surface area contributed by atoms with E-state index in [4.69, 9.17) is 9.72 Å². The predicted octanol–water partition coefficient (Wildman–Crippen LogP) is 3.92. The van der Waals surface area contributed by atoms with Gasteiger partial charge in [0.15, 0.2) is 0 Å². The summed E-state index contributed by atoms with van der Waals surface area (Å²) in [5, 5.41) is 4.76. The summed E-state index contributed by atoms with van der Waals surface area (Å²) in [7, 11) is 1.64. The van der Waals surface area contributed by atoms with Crippen molar-refractivity contribution in [3.05, 3.63) is 59.8 Å². The van der Waals surface area contributed by atoms with Crippen molar-refractivity contribution < 1.29 is 4.74 Å². The Morgan fingerprint density at radius 2 is 1.89 bits per heavy atom. The molecule has 1 fully saturated rings. The lowest BCUT2D eigenvalue weighted by atomic mass is 10.1. The summed E-state index contributed by atoms with van der Waals surface area (Å²) >= 11 is 0. The molecule has 5 nitrogen and oxygen atoms in total. The topological polar surface area (TPSA) is 50.3 Å². The minimum Gasteiger partial charge on any atom is -0.481 e. The highest BCUT2D eigenvalue weighted by molar-refractivity contribution is 5.81. The number of methoxy groups -OCH3 is 1. The van der Waals surface area contributed by atoms with Crippen molar-refractivity contribution in [3.63, 3.8) is 0 Å². The number of para-hydroxylation sites is 1. The maximum atomic E-state index is 5.21. The van der Waals surface area contributed by atoms with Crippen LogP contribution < -0.4 is 15.0 Å². The van der Waals surface area contributed by atoms with Gasteiger partial charge in [0, 0.05) is 49.4 Å². The summed E-state index contributed by atoms with van der Waals surface area (Å²) in [5.74, 6) is 1.78. The van der Waals surface area contributed by atoms with Gasteiger partial charge >= 0.3 is 0 Å². The third-order valence-electron chi connectivity index (χ3n) is 5.09. The van der Waals surface area contributed by atoms with Crippen molar-refractivity contribution in [1.29, 1.82) is 0 Å². The van der Waals surface area contributed by atoms with Crippen LogP contribution in [0, 0.1) is 0 Å². The molecule has 0 amide bonds. The fourth-order valence-corrected chi connectivity index (χ4v) is 3.67. The zero-order chi connectivity index (χ0) is 18.5. The number of anilines is 1. The number of hydrogen-bond donors (Lipinski definition) is 1. The zero-order valence-electron chi connectivity index (χ0n) is 15.8. The Labute approximate surface area is 160 Å². The van der Waals surface area contributed by atoms with Crippen LogP contribution in [0.4, 0.5) is 5.82 Å². The van der Waals surface area contributed by atoms with Crippen LogP contribution in [0.1, 0.15) is 30.4 Å². The van der Waals surface area contributed by atoms with Gasteiger partial charge in [0.25, 0.3) is 0 Å². The standard InChI is InChI=1S/C22H26N4O/c1-27-21-13-17(9-10-24-21)15-23-16-19-14-18-7-3-4-8-20(18)25-22(19)26-11-5-2-6-12-26/h3-4,7-10,13-14,23H,2,5-6,11-12,15-16H2,1H3. The monoisotopic (exact) mass is 362 g/mol. The van der Waals surface area contributed by atoms with E-state index in [0.717, 1.165) is 43.1 Å². The lowest BCUT2D eigenvalue weighted by Crippen LogP contribution is -2.31. The number of fused-ring (bicyclic) bond motifs is 1. The molecule has 0 spiro atoms. The zero-order valence-corrected chi connectivity index (χ0v) is 15.8. The van der Waals surface area contributed by atoms with Crippen LogP contribution in [-0.2, 0) is 13.1 Å². The van der Waals surface area contributed by atoms with Gasteiger partial charge < -0.3 is 15.0 Å². The molecule has 1 aromatic carbocycles. The molecule has 2 aromatic heterocycles. The van der Waals surface area contributed by atoms with Gasteiger partial charge in [0.1, 0.15) is 5.82 Å². The minimum absolute atomic E-state index is 0.649. The molecule has 5 heteroatoms. The number of nitrogens with zero attached hydrogens (tertiary/aromatic N) is 3. The quantitative estimate of drug-likeness (QED) is 0.720. The first kappa shape index (κ1) is 17.7. The summed E-state index contributed by atoms with van der Waals surface area (Å²) in [5.41, 5.74) is 3.49. The second-order valence-corrected chi connectivity index (χ2v) is 7.02. The van der Waals surface area contributed by atoms with Crippen molar-refractivity contribution in [2.45, 2.75) is 32.4 Å². The first-order valence-corrected chi connectivity index (χ1v) is 9.67. The van der Waals surface area contributed by atoms with Crippen LogP contribution >= 0.6 is 0 Å². The van der Waals surface area contributed by atoms with Crippen LogP contribution in [0.5, 0.6) is 5.88 Å². The summed E-state index contributed by atoms with van der Waals surface area (Å²) in [6.45, 7) is 3.75. The van der Waals surface area contributed by atoms with Gasteiger partial charge in [0.05, 0.1) is 12.6 Å². The van der Waals surface area contributed by atoms with Crippen molar-refractivity contribution >= 4 is 16.7 Å². The summed E-state index contributed by atoms with van der Waals surface area (Å²) in [6, 6.07) is 14.6. The molecule has 1 aliphatic rings. The molecule has 140 valence electrons. The van der Waals surface area contributed by atoms with Gasteiger partial charge in [-0.3, -0.25) is 0 Å². The molecule has 0 bridgehead atoms. The molecule has 0 atom stereocenters. The Balaban J connectivity index is 1.55. The van der Waals surface area contributed by atoms with Gasteiger partial charge in [0.2, 0.25) is 5.88 Å². The Bertz CT molecular complexity index is 906. The highest BCUT2D eigenvalue weighted by Gasteiger charge is 2.17. The second-order valence-electron chi connectivity index (χ2n) is 7.02. The molecule has 1 N–H and O–H groups in total. The normalized spacial score (nSPS) is 14.5. The number of piperidine rings is 1. The highest BCUT2D eigenvalue weighted by Crippen LogP contribution is 2.26. The van der Waals surface area contributed by atoms with Gasteiger partial charge in [-0.1, -0.05) is 18.2 Å². The van der Waals surface area contributed by atoms with Gasteiger partial charge in [-0.25, -0.2) is 9.97 Å². The molecule has 1 aliphatic heterocycles. The van der Waals surface area contributed by atoms with Crippen LogP contribution in [0.2, 0.25) is 0 Å². The molecular formula is C22H26N4O. The van der Waals surface area contributed by atoms with Crippen LogP contribution in [0.3, 0.4) is 0 Å². The number of rotatable bonds is 6. The molecule has 3 aromatic rings. The Kier molecular flexibility index (Phi) is 5.49. The van der Waals surface area contributed by atoms with Crippen LogP contribution in [0.15, 0.2) is 48.7 Å². The molecule has 27 heavy (non-hydrogen) atoms. The largest absolute Gasteiger partial charge is 0.481 e. The van der Waals surface area contributed by atoms with E-state index in [1.807, 2.05) is 12.1 Å². The van der Waals surface area contributed by atoms with E-state index in [-0.39, 0.29) is 0 Å². The Hall–Kier alpha value is -2.66. The number of ether oxygens (including phenoxy) is 1. The SMILES string of the molecule is COc1cc(CNCc2cc3ccccc3nc2N2CCCCC2)ccn1. The fraction of sp³-hybridized carbons (Fsp3) is 0.364. The van der Waals surface area contributed by atoms with E-state index in [9.17, 15) is 0 Å². The highest BCUT2D eigenvalue weighted by atomic mass is 16.5. The molecule has 4 rings (SSSR count). The molecule has 0 unspecified atom stereocenters. The smallest absolute Gasteiger partial charge is 0.213 e. The second kappa shape index (κ2) is 8.35. The van der Waals surface area contributed by atoms with E-state index in [1.54, 1.807) is 13.3 Å². The summed E-state index contributed by atoms with van der Waals surface area (Å²) in [6.07, 6.45) is 5.60. The molecule has 0 saturated carbocycles. The van der Waals surface area contributed by atoms with E-state index >= 15 is 0 Å². The average molecular weight is 362 g/mol. The third kappa shape index (κ3) is 4.19. The average Bonchev–Trinajstić information content (AvgIpc) is 2.74. The van der Waals surface area contributed by atoms with E-state index in [0.29, 0.717) is 5.88 Å². The Morgan fingerprint density at radius 1 is 1.04 bits per heavy atom. The van der Waals surface area contributed by atoms with E-state index in [2.05, 4.69) is 45.5 Å². The van der Waals surface area contributed by atoms with Crippen molar-refractivity contribution in [2.24, 2.45) is 0 Å². The van der Waals surface area contributed by atoms with Crippen molar-refractivity contribution in [1.82, 2.24) is 15.3 Å². The predicted molar refractivity (Wildman–Crippen MR) is 109 cm³/mol. The first-order valence-electron chi connectivity index (χ1n) is 9.67. The summed E-state index contributed by atoms with van der Waals surface area (Å²) in [4.78, 5) is 11.6. The van der Waals surface area contributed by atoms with Crippen LogP contribution in [-0.4, -0.2) is 30.2 Å². The first-order chi connectivity index (χ1) is 13.3. The number of nitrogens with one attached hydrogen (secondary N) is 1. The van der Waals surface area contributed by atoms with Crippen LogP contribution in [0.25, 0.3) is 10.9 Å². The molecule has 1 saturated heterocycles. The third-order valence-corrected chi connectivity index (χ3v) is 5.09. The number of hydrogen-bond acceptors (Lipinski definition) is 5. The maximum Gasteiger partial charge on any atom is 0.213 e. The number of benzene rings is 1. The molecular weight excluding hydrogens is 336 g/mol.